The summed E-state index contributed by atoms with van der Waals surface area (Å²) < 4.78 is 47.7. The zero-order chi connectivity index (χ0) is 38.7. The van der Waals surface area contributed by atoms with Crippen LogP contribution in [-0.4, -0.2) is 120 Å². The number of nitrogens with zero attached hydrogens (tertiary/aromatic N) is 1. The van der Waals surface area contributed by atoms with Crippen molar-refractivity contribution in [3.63, 3.8) is 0 Å². The van der Waals surface area contributed by atoms with Crippen LogP contribution in [0.1, 0.15) is 60.0 Å². The molecular formula is C42H56N2O11. The molecule has 2 saturated heterocycles. The molecule has 0 aromatic heterocycles. The highest BCUT2D eigenvalue weighted by molar-refractivity contribution is 5.82. The minimum Gasteiger partial charge on any atom is -0.453 e. The van der Waals surface area contributed by atoms with Gasteiger partial charge >= 0.3 is 5.97 Å². The molecule has 5 atom stereocenters. The molecule has 55 heavy (non-hydrogen) atoms. The Morgan fingerprint density at radius 3 is 1.78 bits per heavy atom. The van der Waals surface area contributed by atoms with Gasteiger partial charge in [-0.25, -0.2) is 0 Å². The molecule has 2 N–H and O–H groups in total. The number of esters is 1. The second-order valence-electron chi connectivity index (χ2n) is 13.5. The number of nitrogens with one attached hydrogen (secondary N) is 1. The van der Waals surface area contributed by atoms with E-state index in [4.69, 9.17) is 37.9 Å². The van der Waals surface area contributed by atoms with Crippen LogP contribution in [0.25, 0.3) is 0 Å². The highest BCUT2D eigenvalue weighted by Gasteiger charge is 2.42. The Labute approximate surface area is 324 Å². The fourth-order valence-corrected chi connectivity index (χ4v) is 6.51. The second-order valence-corrected chi connectivity index (χ2v) is 13.5. The van der Waals surface area contributed by atoms with E-state index in [0.29, 0.717) is 85.7 Å². The molecule has 2 heterocycles. The summed E-state index contributed by atoms with van der Waals surface area (Å²) in [5.41, 5.74) is 4.57. The molecule has 5 rings (SSSR count). The van der Waals surface area contributed by atoms with Gasteiger partial charge in [-0.3, -0.25) is 14.5 Å². The fourth-order valence-electron chi connectivity index (χ4n) is 6.51. The molecule has 0 spiro atoms. The minimum atomic E-state index is -0.885. The van der Waals surface area contributed by atoms with Crippen molar-refractivity contribution in [3.8, 4) is 0 Å². The van der Waals surface area contributed by atoms with Crippen molar-refractivity contribution in [2.24, 2.45) is 0 Å². The third-order valence-corrected chi connectivity index (χ3v) is 9.43. The molecule has 0 saturated carbocycles. The van der Waals surface area contributed by atoms with E-state index in [9.17, 15) is 14.7 Å². The van der Waals surface area contributed by atoms with Crippen LogP contribution in [0.3, 0.4) is 0 Å². The standard InChI is InChI=1S/C42H56N2O11/c1-31(53-32(2)46)41(47)43-28-33-8-14-37(15-9-33)42-54-38(29-44-16-18-48-20-22-50-24-26-52-27-25-51-23-21-49-19-17-44)39(35-6-4-3-5-7-35)40(55-42)36-12-10-34(30-45)11-13-36/h3-15,31,38-40,42,45H,16-30H2,1-2H3,(H,43,47)/t31-,38+,39+,40-,42?/m0/s1. The molecule has 3 aromatic rings. The van der Waals surface area contributed by atoms with Crippen LogP contribution in [0.15, 0.2) is 78.9 Å². The normalized spacial score (nSPS) is 23.5. The maximum atomic E-state index is 12.4. The average molecular weight is 765 g/mol. The first-order valence-electron chi connectivity index (χ1n) is 19.1. The molecule has 13 heteroatoms. The Bertz CT molecular complexity index is 1530. The first-order valence-corrected chi connectivity index (χ1v) is 19.1. The van der Waals surface area contributed by atoms with Gasteiger partial charge in [0, 0.05) is 44.6 Å². The van der Waals surface area contributed by atoms with E-state index in [0.717, 1.165) is 27.8 Å². The summed E-state index contributed by atoms with van der Waals surface area (Å²) >= 11 is 0. The van der Waals surface area contributed by atoms with Crippen molar-refractivity contribution in [2.75, 3.05) is 85.7 Å². The molecule has 0 aliphatic carbocycles. The number of amides is 1. The SMILES string of the molecule is CC(=O)O[C@@H](C)C(=O)NCc1ccc(C2O[C@H](CN3CCOCCOCCOCCOCCOCC3)[C@@H](c3ccccc3)[C@H](c3ccc(CO)cc3)O2)cc1. The zero-order valence-corrected chi connectivity index (χ0v) is 32.0. The van der Waals surface area contributed by atoms with Gasteiger partial charge in [0.25, 0.3) is 5.91 Å². The largest absolute Gasteiger partial charge is 0.453 e. The molecule has 0 bridgehead atoms. The van der Waals surface area contributed by atoms with Crippen molar-refractivity contribution in [3.05, 3.63) is 107 Å². The van der Waals surface area contributed by atoms with Crippen LogP contribution < -0.4 is 5.32 Å². The summed E-state index contributed by atoms with van der Waals surface area (Å²) in [6.07, 6.45) is -2.28. The lowest BCUT2D eigenvalue weighted by Gasteiger charge is -2.44. The predicted molar refractivity (Wildman–Crippen MR) is 203 cm³/mol. The Morgan fingerprint density at radius 2 is 1.24 bits per heavy atom. The summed E-state index contributed by atoms with van der Waals surface area (Å²) in [6.45, 7) is 9.88. The number of benzene rings is 3. The van der Waals surface area contributed by atoms with Gasteiger partial charge in [0.05, 0.1) is 84.9 Å². The van der Waals surface area contributed by atoms with E-state index in [2.05, 4.69) is 22.3 Å². The van der Waals surface area contributed by atoms with Gasteiger partial charge in [0.1, 0.15) is 0 Å². The van der Waals surface area contributed by atoms with Crippen molar-refractivity contribution in [1.82, 2.24) is 10.2 Å². The third-order valence-electron chi connectivity index (χ3n) is 9.43. The van der Waals surface area contributed by atoms with E-state index >= 15 is 0 Å². The number of carbonyl (C=O) groups is 2. The summed E-state index contributed by atoms with van der Waals surface area (Å²) in [7, 11) is 0. The summed E-state index contributed by atoms with van der Waals surface area (Å²) in [4.78, 5) is 26.0. The first kappa shape index (κ1) is 42.4. The van der Waals surface area contributed by atoms with Gasteiger partial charge < -0.3 is 48.3 Å². The number of aliphatic hydroxyl groups is 1. The molecule has 2 aliphatic rings. The number of aliphatic hydroxyl groups excluding tert-OH is 1. The number of ether oxygens (including phenoxy) is 8. The monoisotopic (exact) mass is 764 g/mol. The zero-order valence-electron chi connectivity index (χ0n) is 32.0. The molecular weight excluding hydrogens is 708 g/mol. The van der Waals surface area contributed by atoms with Gasteiger partial charge in [-0.05, 0) is 29.2 Å². The Hall–Kier alpha value is -3.76. The van der Waals surface area contributed by atoms with Gasteiger partial charge in [-0.2, -0.15) is 0 Å². The lowest BCUT2D eigenvalue weighted by molar-refractivity contribution is -0.263. The molecule has 1 unspecified atom stereocenters. The lowest BCUT2D eigenvalue weighted by Crippen LogP contribution is -2.46. The molecule has 0 radical (unpaired) electrons. The summed E-state index contributed by atoms with van der Waals surface area (Å²) in [6, 6.07) is 25.9. The fraction of sp³-hybridized carbons (Fsp3) is 0.524. The van der Waals surface area contributed by atoms with E-state index in [1.807, 2.05) is 66.7 Å². The Balaban J connectivity index is 1.37. The number of hydrogen-bond donors (Lipinski definition) is 2. The third kappa shape index (κ3) is 14.0. The van der Waals surface area contributed by atoms with E-state index in [-0.39, 0.29) is 37.2 Å². The molecule has 13 nitrogen and oxygen atoms in total. The molecule has 3 aromatic carbocycles. The Morgan fingerprint density at radius 1 is 0.709 bits per heavy atom. The van der Waals surface area contributed by atoms with Gasteiger partial charge in [0.15, 0.2) is 12.4 Å². The smallest absolute Gasteiger partial charge is 0.303 e. The van der Waals surface area contributed by atoms with Crippen LogP contribution in [0.4, 0.5) is 0 Å². The molecule has 300 valence electrons. The average Bonchev–Trinajstić information content (AvgIpc) is 3.20. The minimum absolute atomic E-state index is 0.0521. The van der Waals surface area contributed by atoms with E-state index in [1.54, 1.807) is 0 Å². The summed E-state index contributed by atoms with van der Waals surface area (Å²) in [5, 5.41) is 12.6. The first-order chi connectivity index (χ1) is 26.9. The van der Waals surface area contributed by atoms with Gasteiger partial charge in [-0.1, -0.05) is 78.9 Å². The van der Waals surface area contributed by atoms with E-state index < -0.39 is 18.4 Å². The van der Waals surface area contributed by atoms with Crippen molar-refractivity contribution >= 4 is 11.9 Å². The number of hydrogen-bond acceptors (Lipinski definition) is 12. The van der Waals surface area contributed by atoms with Gasteiger partial charge in [-0.15, -0.1) is 0 Å². The maximum absolute atomic E-state index is 12.4. The highest BCUT2D eigenvalue weighted by atomic mass is 16.7. The van der Waals surface area contributed by atoms with Crippen LogP contribution in [0.5, 0.6) is 0 Å². The van der Waals surface area contributed by atoms with Crippen molar-refractivity contribution < 1.29 is 52.6 Å². The number of rotatable bonds is 10. The molecule has 2 fully saturated rings. The molecule has 1 amide bonds. The van der Waals surface area contributed by atoms with Crippen LogP contribution in [-0.2, 0) is 60.6 Å². The van der Waals surface area contributed by atoms with E-state index in [1.165, 1.54) is 13.8 Å². The molecule has 2 aliphatic heterocycles. The lowest BCUT2D eigenvalue weighted by atomic mass is 9.83. The Kier molecular flexibility index (Phi) is 18.0. The van der Waals surface area contributed by atoms with Crippen LogP contribution in [0.2, 0.25) is 0 Å². The van der Waals surface area contributed by atoms with Crippen LogP contribution >= 0.6 is 0 Å². The van der Waals surface area contributed by atoms with Crippen LogP contribution in [0, 0.1) is 0 Å². The van der Waals surface area contributed by atoms with Gasteiger partial charge in [0.2, 0.25) is 0 Å². The maximum Gasteiger partial charge on any atom is 0.303 e. The highest BCUT2D eigenvalue weighted by Crippen LogP contribution is 2.47. The van der Waals surface area contributed by atoms with Crippen molar-refractivity contribution in [1.29, 1.82) is 0 Å². The topological polar surface area (TPSA) is 143 Å². The quantitative estimate of drug-likeness (QED) is 0.287. The predicted octanol–water partition coefficient (Wildman–Crippen LogP) is 4.08. The second kappa shape index (κ2) is 23.3. The van der Waals surface area contributed by atoms with Crippen molar-refractivity contribution in [2.45, 2.75) is 57.5 Å². The number of carbonyl (C=O) groups excluding carboxylic acids is 2. The summed E-state index contributed by atoms with van der Waals surface area (Å²) in [5.74, 6) is -1.06.